The van der Waals surface area contributed by atoms with E-state index in [0.29, 0.717) is 11.1 Å². The molecule has 1 aromatic heterocycles. The summed E-state index contributed by atoms with van der Waals surface area (Å²) in [6.45, 7) is 4.03. The molecule has 152 valence electrons. The zero-order valence-corrected chi connectivity index (χ0v) is 17.0. The minimum absolute atomic E-state index is 0.176. The van der Waals surface area contributed by atoms with Crippen LogP contribution in [0.5, 0.6) is 0 Å². The third kappa shape index (κ3) is 4.19. The SMILES string of the molecule is Cc1ccc(N[C@H](c2nnc(-c3cccc(F)c3)o2)c2ccc(F)cc2Cl)cc1C. The summed E-state index contributed by atoms with van der Waals surface area (Å²) in [4.78, 5) is 0. The number of aryl methyl sites for hydroxylation is 2. The van der Waals surface area contributed by atoms with Gasteiger partial charge >= 0.3 is 0 Å². The highest BCUT2D eigenvalue weighted by atomic mass is 35.5. The number of hydrogen-bond acceptors (Lipinski definition) is 4. The van der Waals surface area contributed by atoms with Crippen molar-refractivity contribution in [1.82, 2.24) is 10.2 Å². The Hall–Kier alpha value is -3.25. The third-order valence-corrected chi connectivity index (χ3v) is 5.18. The molecule has 4 nitrogen and oxygen atoms in total. The van der Waals surface area contributed by atoms with Crippen molar-refractivity contribution in [1.29, 1.82) is 0 Å². The lowest BCUT2D eigenvalue weighted by atomic mass is 10.0. The fourth-order valence-corrected chi connectivity index (χ4v) is 3.37. The Morgan fingerprint density at radius 1 is 0.900 bits per heavy atom. The Morgan fingerprint density at radius 3 is 2.43 bits per heavy atom. The minimum Gasteiger partial charge on any atom is -0.418 e. The number of nitrogens with zero attached hydrogens (tertiary/aromatic N) is 2. The van der Waals surface area contributed by atoms with Crippen LogP contribution in [0.25, 0.3) is 11.5 Å². The molecule has 4 aromatic rings. The average Bonchev–Trinajstić information content (AvgIpc) is 3.19. The second-order valence-electron chi connectivity index (χ2n) is 7.00. The van der Waals surface area contributed by atoms with Crippen LogP contribution in [0.15, 0.2) is 65.1 Å². The van der Waals surface area contributed by atoms with Gasteiger partial charge in [-0.1, -0.05) is 29.8 Å². The number of anilines is 1. The van der Waals surface area contributed by atoms with E-state index >= 15 is 0 Å². The maximum atomic E-state index is 13.6. The van der Waals surface area contributed by atoms with Crippen LogP contribution in [0.4, 0.5) is 14.5 Å². The number of hydrogen-bond donors (Lipinski definition) is 1. The van der Waals surface area contributed by atoms with E-state index in [4.69, 9.17) is 16.0 Å². The predicted octanol–water partition coefficient (Wildman–Crippen LogP) is 6.49. The van der Waals surface area contributed by atoms with Gasteiger partial charge in [0.2, 0.25) is 11.8 Å². The number of halogens is 3. The highest BCUT2D eigenvalue weighted by Crippen LogP contribution is 2.33. The Morgan fingerprint density at radius 2 is 1.70 bits per heavy atom. The van der Waals surface area contributed by atoms with Gasteiger partial charge < -0.3 is 9.73 Å². The van der Waals surface area contributed by atoms with Crippen molar-refractivity contribution in [2.24, 2.45) is 0 Å². The lowest BCUT2D eigenvalue weighted by Gasteiger charge is -2.19. The van der Waals surface area contributed by atoms with Gasteiger partial charge in [-0.25, -0.2) is 8.78 Å². The number of rotatable bonds is 5. The lowest BCUT2D eigenvalue weighted by molar-refractivity contribution is 0.493. The molecule has 0 amide bonds. The molecular formula is C23H18ClF2N3O. The van der Waals surface area contributed by atoms with Crippen LogP contribution in [0.2, 0.25) is 5.02 Å². The van der Waals surface area contributed by atoms with Crippen LogP contribution in [0.3, 0.4) is 0 Å². The molecule has 3 aromatic carbocycles. The molecule has 4 rings (SSSR count). The van der Waals surface area contributed by atoms with E-state index in [1.807, 2.05) is 32.0 Å². The van der Waals surface area contributed by atoms with Crippen molar-refractivity contribution in [3.8, 4) is 11.5 Å². The quantitative estimate of drug-likeness (QED) is 0.397. The second-order valence-corrected chi connectivity index (χ2v) is 7.41. The number of benzene rings is 3. The molecule has 0 spiro atoms. The molecule has 7 heteroatoms. The fraction of sp³-hybridized carbons (Fsp3) is 0.130. The van der Waals surface area contributed by atoms with E-state index < -0.39 is 17.7 Å². The number of nitrogens with one attached hydrogen (secondary N) is 1. The summed E-state index contributed by atoms with van der Waals surface area (Å²) >= 11 is 6.32. The van der Waals surface area contributed by atoms with Gasteiger partial charge in [0.15, 0.2) is 0 Å². The molecule has 0 aliphatic heterocycles. The van der Waals surface area contributed by atoms with Crippen molar-refractivity contribution in [3.63, 3.8) is 0 Å². The highest BCUT2D eigenvalue weighted by molar-refractivity contribution is 6.31. The third-order valence-electron chi connectivity index (χ3n) is 4.85. The lowest BCUT2D eigenvalue weighted by Crippen LogP contribution is -2.14. The Labute approximate surface area is 177 Å². The zero-order chi connectivity index (χ0) is 21.3. The van der Waals surface area contributed by atoms with E-state index in [2.05, 4.69) is 15.5 Å². The average molecular weight is 426 g/mol. The zero-order valence-electron chi connectivity index (χ0n) is 16.3. The van der Waals surface area contributed by atoms with Gasteiger partial charge in [-0.15, -0.1) is 10.2 Å². The largest absolute Gasteiger partial charge is 0.418 e. The molecular weight excluding hydrogens is 408 g/mol. The van der Waals surface area contributed by atoms with Crippen molar-refractivity contribution in [2.75, 3.05) is 5.32 Å². The summed E-state index contributed by atoms with van der Waals surface area (Å²) in [5.41, 5.74) is 4.11. The van der Waals surface area contributed by atoms with Gasteiger partial charge in [0, 0.05) is 21.8 Å². The molecule has 30 heavy (non-hydrogen) atoms. The van der Waals surface area contributed by atoms with Crippen LogP contribution < -0.4 is 5.32 Å². The van der Waals surface area contributed by atoms with E-state index in [1.165, 1.54) is 24.3 Å². The van der Waals surface area contributed by atoms with Gasteiger partial charge in [-0.05, 0) is 67.4 Å². The van der Waals surface area contributed by atoms with Gasteiger partial charge in [-0.2, -0.15) is 0 Å². The van der Waals surface area contributed by atoms with Crippen LogP contribution in [-0.4, -0.2) is 10.2 Å². The summed E-state index contributed by atoms with van der Waals surface area (Å²) in [6.07, 6.45) is 0. The van der Waals surface area contributed by atoms with Crippen LogP contribution in [-0.2, 0) is 0 Å². The van der Waals surface area contributed by atoms with Crippen LogP contribution in [0, 0.1) is 25.5 Å². The normalized spacial score (nSPS) is 12.0. The molecule has 1 N–H and O–H groups in total. The molecule has 0 saturated carbocycles. The van der Waals surface area contributed by atoms with Crippen molar-refractivity contribution in [2.45, 2.75) is 19.9 Å². The molecule has 0 saturated heterocycles. The molecule has 1 heterocycles. The summed E-state index contributed by atoms with van der Waals surface area (Å²) < 4.78 is 33.0. The van der Waals surface area contributed by atoms with Crippen LogP contribution in [0.1, 0.15) is 28.6 Å². The summed E-state index contributed by atoms with van der Waals surface area (Å²) in [7, 11) is 0. The van der Waals surface area contributed by atoms with Crippen LogP contribution >= 0.6 is 11.6 Å². The molecule has 0 bridgehead atoms. The topological polar surface area (TPSA) is 51.0 Å². The van der Waals surface area contributed by atoms with E-state index in [9.17, 15) is 8.78 Å². The maximum absolute atomic E-state index is 13.6. The maximum Gasteiger partial charge on any atom is 0.247 e. The van der Waals surface area contributed by atoms with E-state index in [0.717, 1.165) is 16.8 Å². The fourth-order valence-electron chi connectivity index (χ4n) is 3.10. The van der Waals surface area contributed by atoms with Crippen molar-refractivity contribution in [3.05, 3.63) is 99.9 Å². The summed E-state index contributed by atoms with van der Waals surface area (Å²) in [6, 6.07) is 15.3. The monoisotopic (exact) mass is 425 g/mol. The first-order valence-electron chi connectivity index (χ1n) is 9.29. The standard InChI is InChI=1S/C23H18ClF2N3O/c1-13-6-8-18(10-14(13)2)27-21(19-9-7-17(26)12-20(19)24)23-29-28-22(30-23)15-4-3-5-16(25)11-15/h3-12,21,27H,1-2H3/t21-/m0/s1. The van der Waals surface area contributed by atoms with Gasteiger partial charge in [-0.3, -0.25) is 0 Å². The van der Waals surface area contributed by atoms with Gasteiger partial charge in [0.25, 0.3) is 0 Å². The Kier molecular flexibility index (Phi) is 5.50. The summed E-state index contributed by atoms with van der Waals surface area (Å²) in [5.74, 6) is -0.450. The van der Waals surface area contributed by atoms with E-state index in [-0.39, 0.29) is 16.8 Å². The molecule has 1 atom stereocenters. The Bertz CT molecular complexity index is 1210. The van der Waals surface area contributed by atoms with Crippen molar-refractivity contribution < 1.29 is 13.2 Å². The molecule has 0 fully saturated rings. The second kappa shape index (κ2) is 8.24. The van der Waals surface area contributed by atoms with E-state index in [1.54, 1.807) is 18.2 Å². The first kappa shape index (κ1) is 20.0. The minimum atomic E-state index is -0.630. The Balaban J connectivity index is 1.76. The predicted molar refractivity (Wildman–Crippen MR) is 112 cm³/mol. The molecule has 0 unspecified atom stereocenters. The first-order valence-corrected chi connectivity index (χ1v) is 9.66. The van der Waals surface area contributed by atoms with Gasteiger partial charge in [0.05, 0.1) is 0 Å². The highest BCUT2D eigenvalue weighted by Gasteiger charge is 2.24. The van der Waals surface area contributed by atoms with Crippen molar-refractivity contribution >= 4 is 17.3 Å². The molecule has 0 radical (unpaired) electrons. The summed E-state index contributed by atoms with van der Waals surface area (Å²) in [5, 5.41) is 11.8. The molecule has 0 aliphatic rings. The first-order chi connectivity index (χ1) is 14.4. The molecule has 0 aliphatic carbocycles. The number of aromatic nitrogens is 2. The smallest absolute Gasteiger partial charge is 0.247 e. The van der Waals surface area contributed by atoms with Gasteiger partial charge in [0.1, 0.15) is 17.7 Å².